The summed E-state index contributed by atoms with van der Waals surface area (Å²) in [6, 6.07) is 9.58. The number of hydrogen-bond donors (Lipinski definition) is 2. The highest BCUT2D eigenvalue weighted by Gasteiger charge is 2.26. The minimum Gasteiger partial charge on any atom is -0.507 e. The predicted octanol–water partition coefficient (Wildman–Crippen LogP) is 3.00. The Morgan fingerprint density at radius 1 is 1.19 bits per heavy atom. The molecule has 0 spiro atoms. The summed E-state index contributed by atoms with van der Waals surface area (Å²) in [5.74, 6) is -1.46. The number of halogens is 2. The number of phenolic OH excluding ortho intramolecular Hbond substituents is 1. The van der Waals surface area contributed by atoms with Crippen molar-refractivity contribution >= 4 is 6.21 Å². The Labute approximate surface area is 121 Å². The van der Waals surface area contributed by atoms with Crippen LogP contribution in [0.3, 0.4) is 0 Å². The fourth-order valence-electron chi connectivity index (χ4n) is 1.93. The zero-order valence-corrected chi connectivity index (χ0v) is 11.4. The summed E-state index contributed by atoms with van der Waals surface area (Å²) in [7, 11) is 0. The summed E-state index contributed by atoms with van der Waals surface area (Å²) in [6.45, 7) is 1.27. The first-order chi connectivity index (χ1) is 9.90. The summed E-state index contributed by atoms with van der Waals surface area (Å²) in [4.78, 5) is 4.02. The van der Waals surface area contributed by atoms with Crippen LogP contribution < -0.4 is 0 Å². The number of para-hydroxylation sites is 1. The van der Waals surface area contributed by atoms with Crippen molar-refractivity contribution in [2.45, 2.75) is 12.5 Å². The SMILES string of the molecule is CC(O)(CN=Cc1ccccc1O)c1ccc(F)cc1F. The number of phenols is 1. The molecule has 0 radical (unpaired) electrons. The van der Waals surface area contributed by atoms with Crippen molar-refractivity contribution < 1.29 is 19.0 Å². The average molecular weight is 291 g/mol. The van der Waals surface area contributed by atoms with Crippen molar-refractivity contribution in [3.05, 3.63) is 65.2 Å². The Balaban J connectivity index is 2.16. The molecule has 0 fully saturated rings. The maximum atomic E-state index is 13.7. The van der Waals surface area contributed by atoms with E-state index in [2.05, 4.69) is 4.99 Å². The van der Waals surface area contributed by atoms with Crippen LogP contribution >= 0.6 is 0 Å². The number of benzene rings is 2. The molecule has 0 saturated heterocycles. The van der Waals surface area contributed by atoms with Gasteiger partial charge in [0.25, 0.3) is 0 Å². The van der Waals surface area contributed by atoms with Gasteiger partial charge in [0.15, 0.2) is 0 Å². The van der Waals surface area contributed by atoms with Gasteiger partial charge < -0.3 is 10.2 Å². The average Bonchev–Trinajstić information content (AvgIpc) is 2.40. The summed E-state index contributed by atoms with van der Waals surface area (Å²) < 4.78 is 26.5. The highest BCUT2D eigenvalue weighted by atomic mass is 19.1. The molecule has 0 heterocycles. The zero-order chi connectivity index (χ0) is 15.5. The van der Waals surface area contributed by atoms with E-state index in [0.29, 0.717) is 5.56 Å². The molecular weight excluding hydrogens is 276 g/mol. The molecule has 2 aromatic rings. The molecule has 3 nitrogen and oxygen atoms in total. The van der Waals surface area contributed by atoms with Crippen LogP contribution in [0.2, 0.25) is 0 Å². The molecule has 21 heavy (non-hydrogen) atoms. The molecule has 0 bridgehead atoms. The molecule has 0 aromatic heterocycles. The van der Waals surface area contributed by atoms with Gasteiger partial charge >= 0.3 is 0 Å². The van der Waals surface area contributed by atoms with Crippen LogP contribution in [0.1, 0.15) is 18.1 Å². The Kier molecular flexibility index (Phi) is 4.33. The molecule has 1 unspecified atom stereocenters. The summed E-state index contributed by atoms with van der Waals surface area (Å²) in [5, 5.41) is 19.8. The van der Waals surface area contributed by atoms with E-state index in [1.54, 1.807) is 18.2 Å². The van der Waals surface area contributed by atoms with Gasteiger partial charge in [-0.1, -0.05) is 18.2 Å². The number of aliphatic imine (C=N–C) groups is 1. The summed E-state index contributed by atoms with van der Waals surface area (Å²) >= 11 is 0. The van der Waals surface area contributed by atoms with Gasteiger partial charge in [-0.15, -0.1) is 0 Å². The van der Waals surface area contributed by atoms with E-state index in [1.807, 2.05) is 0 Å². The molecule has 1 atom stereocenters. The number of aromatic hydroxyl groups is 1. The summed E-state index contributed by atoms with van der Waals surface area (Å²) in [6.07, 6.45) is 1.39. The van der Waals surface area contributed by atoms with Crippen molar-refractivity contribution in [2.75, 3.05) is 6.54 Å². The van der Waals surface area contributed by atoms with Crippen molar-refractivity contribution in [1.29, 1.82) is 0 Å². The second-order valence-electron chi connectivity index (χ2n) is 4.93. The van der Waals surface area contributed by atoms with Crippen LogP contribution in [0.5, 0.6) is 5.75 Å². The fourth-order valence-corrected chi connectivity index (χ4v) is 1.93. The molecule has 0 amide bonds. The van der Waals surface area contributed by atoms with Crippen LogP contribution in [0, 0.1) is 11.6 Å². The molecule has 0 aliphatic rings. The van der Waals surface area contributed by atoms with E-state index in [4.69, 9.17) is 0 Å². The standard InChI is InChI=1S/C16H15F2NO2/c1-16(21,13-7-6-12(17)8-14(13)18)10-19-9-11-4-2-3-5-15(11)20/h2-9,20-21H,10H2,1H3. The zero-order valence-electron chi connectivity index (χ0n) is 11.4. The molecule has 5 heteroatoms. The fraction of sp³-hybridized carbons (Fsp3) is 0.188. The third kappa shape index (κ3) is 3.64. The first kappa shape index (κ1) is 15.1. The van der Waals surface area contributed by atoms with Crippen LogP contribution in [0.15, 0.2) is 47.5 Å². The van der Waals surface area contributed by atoms with E-state index in [0.717, 1.165) is 12.1 Å². The second kappa shape index (κ2) is 6.01. The number of rotatable bonds is 4. The van der Waals surface area contributed by atoms with E-state index in [1.165, 1.54) is 25.3 Å². The van der Waals surface area contributed by atoms with Gasteiger partial charge in [-0.2, -0.15) is 0 Å². The highest BCUT2D eigenvalue weighted by Crippen LogP contribution is 2.24. The predicted molar refractivity (Wildman–Crippen MR) is 76.5 cm³/mol. The van der Waals surface area contributed by atoms with Gasteiger partial charge in [-0.25, -0.2) is 8.78 Å². The first-order valence-corrected chi connectivity index (χ1v) is 6.36. The Bertz CT molecular complexity index is 669. The minimum atomic E-state index is -1.57. The van der Waals surface area contributed by atoms with E-state index < -0.39 is 17.2 Å². The Hall–Kier alpha value is -2.27. The quantitative estimate of drug-likeness (QED) is 0.851. The van der Waals surface area contributed by atoms with Crippen LogP contribution in [0.25, 0.3) is 0 Å². The smallest absolute Gasteiger partial charge is 0.132 e. The summed E-state index contributed by atoms with van der Waals surface area (Å²) in [5.41, 5.74) is -1.11. The minimum absolute atomic E-state index is 0.0293. The highest BCUT2D eigenvalue weighted by molar-refractivity contribution is 5.83. The van der Waals surface area contributed by atoms with Gasteiger partial charge in [0.1, 0.15) is 23.0 Å². The molecule has 110 valence electrons. The van der Waals surface area contributed by atoms with Crippen LogP contribution in [0.4, 0.5) is 8.78 Å². The molecule has 2 rings (SSSR count). The van der Waals surface area contributed by atoms with Crippen molar-refractivity contribution in [1.82, 2.24) is 0 Å². The first-order valence-electron chi connectivity index (χ1n) is 6.36. The Morgan fingerprint density at radius 3 is 2.57 bits per heavy atom. The maximum Gasteiger partial charge on any atom is 0.132 e. The van der Waals surface area contributed by atoms with Gasteiger partial charge in [0, 0.05) is 23.4 Å². The number of aliphatic hydroxyl groups is 1. The van der Waals surface area contributed by atoms with Gasteiger partial charge in [-0.05, 0) is 25.1 Å². The molecule has 0 aliphatic heterocycles. The normalized spacial score (nSPS) is 14.3. The van der Waals surface area contributed by atoms with E-state index >= 15 is 0 Å². The van der Waals surface area contributed by atoms with Crippen LogP contribution in [-0.2, 0) is 5.60 Å². The van der Waals surface area contributed by atoms with Gasteiger partial charge in [0.2, 0.25) is 0 Å². The topological polar surface area (TPSA) is 52.8 Å². The van der Waals surface area contributed by atoms with E-state index in [-0.39, 0.29) is 17.9 Å². The molecule has 2 aromatic carbocycles. The van der Waals surface area contributed by atoms with Crippen LogP contribution in [-0.4, -0.2) is 23.0 Å². The molecule has 0 aliphatic carbocycles. The number of hydrogen-bond acceptors (Lipinski definition) is 3. The lowest BCUT2D eigenvalue weighted by atomic mass is 9.95. The van der Waals surface area contributed by atoms with E-state index in [9.17, 15) is 19.0 Å². The molecule has 2 N–H and O–H groups in total. The monoisotopic (exact) mass is 291 g/mol. The van der Waals surface area contributed by atoms with Crippen molar-refractivity contribution in [3.8, 4) is 5.75 Å². The molecular formula is C16H15F2NO2. The Morgan fingerprint density at radius 2 is 1.90 bits per heavy atom. The largest absolute Gasteiger partial charge is 0.507 e. The number of nitrogens with zero attached hydrogens (tertiary/aromatic N) is 1. The molecule has 0 saturated carbocycles. The lowest BCUT2D eigenvalue weighted by Crippen LogP contribution is -2.26. The second-order valence-corrected chi connectivity index (χ2v) is 4.93. The van der Waals surface area contributed by atoms with Crippen molar-refractivity contribution in [3.63, 3.8) is 0 Å². The maximum absolute atomic E-state index is 13.7. The lowest BCUT2D eigenvalue weighted by Gasteiger charge is -2.22. The third-order valence-electron chi connectivity index (χ3n) is 3.08. The van der Waals surface area contributed by atoms with Gasteiger partial charge in [-0.3, -0.25) is 4.99 Å². The third-order valence-corrected chi connectivity index (χ3v) is 3.08. The van der Waals surface area contributed by atoms with Gasteiger partial charge in [0.05, 0.1) is 6.54 Å². The van der Waals surface area contributed by atoms with Crippen molar-refractivity contribution in [2.24, 2.45) is 4.99 Å². The lowest BCUT2D eigenvalue weighted by molar-refractivity contribution is 0.0635.